The molecule has 1 heterocycles. The van der Waals surface area contributed by atoms with Crippen LogP contribution in [0, 0.1) is 20.8 Å². The Bertz CT molecular complexity index is 488. The third-order valence-electron chi connectivity index (χ3n) is 2.84. The Balaban J connectivity index is 2.05. The smallest absolute Gasteiger partial charge is 0.138 e. The lowest BCUT2D eigenvalue weighted by molar-refractivity contribution is 0.396. The first-order valence-corrected chi connectivity index (χ1v) is 5.38. The first-order chi connectivity index (χ1) is 7.66. The van der Waals surface area contributed by atoms with E-state index in [1.165, 1.54) is 11.1 Å². The van der Waals surface area contributed by atoms with Crippen molar-refractivity contribution in [1.29, 1.82) is 0 Å². The summed E-state index contributed by atoms with van der Waals surface area (Å²) in [5.41, 5.74) is 4.83. The van der Waals surface area contributed by atoms with Gasteiger partial charge in [-0.2, -0.15) is 0 Å². The molecular weight excluding hydrogens is 200 g/mol. The number of benzene rings is 1. The second-order valence-electron chi connectivity index (χ2n) is 4.06. The summed E-state index contributed by atoms with van der Waals surface area (Å²) in [4.78, 5) is 0. The third kappa shape index (κ3) is 2.24. The SMILES string of the molecule is Cc1ccc(NCc2cnoc2C)cc1C. The molecule has 0 fully saturated rings. The monoisotopic (exact) mass is 216 g/mol. The second-order valence-corrected chi connectivity index (χ2v) is 4.06. The number of hydrogen-bond donors (Lipinski definition) is 1. The summed E-state index contributed by atoms with van der Waals surface area (Å²) in [7, 11) is 0. The summed E-state index contributed by atoms with van der Waals surface area (Å²) in [6.45, 7) is 6.90. The van der Waals surface area contributed by atoms with Crippen molar-refractivity contribution >= 4 is 5.69 Å². The topological polar surface area (TPSA) is 38.1 Å². The van der Waals surface area contributed by atoms with Gasteiger partial charge in [0.15, 0.2) is 0 Å². The predicted octanol–water partition coefficient (Wildman–Crippen LogP) is 3.21. The normalized spacial score (nSPS) is 10.4. The number of nitrogens with zero attached hydrogens (tertiary/aromatic N) is 1. The van der Waals surface area contributed by atoms with Crippen molar-refractivity contribution in [2.75, 3.05) is 5.32 Å². The largest absolute Gasteiger partial charge is 0.381 e. The number of hydrogen-bond acceptors (Lipinski definition) is 3. The van der Waals surface area contributed by atoms with Gasteiger partial charge in [0.25, 0.3) is 0 Å². The van der Waals surface area contributed by atoms with Crippen LogP contribution in [0.15, 0.2) is 28.9 Å². The van der Waals surface area contributed by atoms with E-state index in [4.69, 9.17) is 4.52 Å². The van der Waals surface area contributed by atoms with E-state index in [9.17, 15) is 0 Å². The molecule has 1 aromatic heterocycles. The molecular formula is C13H16N2O. The Morgan fingerprint density at radius 3 is 2.62 bits per heavy atom. The molecule has 0 unspecified atom stereocenters. The van der Waals surface area contributed by atoms with Crippen molar-refractivity contribution in [3.8, 4) is 0 Å². The fourth-order valence-electron chi connectivity index (χ4n) is 1.54. The number of nitrogens with one attached hydrogen (secondary N) is 1. The average molecular weight is 216 g/mol. The zero-order valence-corrected chi connectivity index (χ0v) is 9.87. The highest BCUT2D eigenvalue weighted by Gasteiger charge is 2.02. The van der Waals surface area contributed by atoms with Crippen molar-refractivity contribution in [2.45, 2.75) is 27.3 Å². The molecule has 0 aliphatic carbocycles. The summed E-state index contributed by atoms with van der Waals surface area (Å²) < 4.78 is 5.01. The van der Waals surface area contributed by atoms with Crippen LogP contribution in [0.1, 0.15) is 22.5 Å². The molecule has 0 radical (unpaired) electrons. The van der Waals surface area contributed by atoms with Crippen LogP contribution in [0.2, 0.25) is 0 Å². The molecule has 0 aliphatic heterocycles. The molecule has 1 N–H and O–H groups in total. The Morgan fingerprint density at radius 2 is 2.00 bits per heavy atom. The molecule has 3 nitrogen and oxygen atoms in total. The lowest BCUT2D eigenvalue weighted by atomic mass is 10.1. The van der Waals surface area contributed by atoms with Crippen LogP contribution in [0.3, 0.4) is 0 Å². The zero-order valence-electron chi connectivity index (χ0n) is 9.87. The van der Waals surface area contributed by atoms with Crippen molar-refractivity contribution in [1.82, 2.24) is 5.16 Å². The van der Waals surface area contributed by atoms with Gasteiger partial charge in [-0.1, -0.05) is 11.2 Å². The summed E-state index contributed by atoms with van der Waals surface area (Å²) in [6.07, 6.45) is 1.75. The highest BCUT2D eigenvalue weighted by atomic mass is 16.5. The van der Waals surface area contributed by atoms with Crippen molar-refractivity contribution < 1.29 is 4.52 Å². The van der Waals surface area contributed by atoms with Crippen LogP contribution in [-0.4, -0.2) is 5.16 Å². The van der Waals surface area contributed by atoms with Crippen LogP contribution in [0.25, 0.3) is 0 Å². The van der Waals surface area contributed by atoms with Crippen molar-refractivity contribution in [2.24, 2.45) is 0 Å². The summed E-state index contributed by atoms with van der Waals surface area (Å²) in [5, 5.41) is 7.11. The molecule has 0 spiro atoms. The van der Waals surface area contributed by atoms with E-state index >= 15 is 0 Å². The fraction of sp³-hybridized carbons (Fsp3) is 0.308. The van der Waals surface area contributed by atoms with E-state index in [0.29, 0.717) is 0 Å². The molecule has 0 saturated carbocycles. The first kappa shape index (κ1) is 10.7. The van der Waals surface area contributed by atoms with Crippen LogP contribution in [0.5, 0.6) is 0 Å². The van der Waals surface area contributed by atoms with E-state index in [1.54, 1.807) is 6.20 Å². The Morgan fingerprint density at radius 1 is 1.19 bits per heavy atom. The highest BCUT2D eigenvalue weighted by molar-refractivity contribution is 5.48. The zero-order chi connectivity index (χ0) is 11.5. The standard InChI is InChI=1S/C13H16N2O/c1-9-4-5-13(6-10(9)2)14-7-12-8-15-16-11(12)3/h4-6,8,14H,7H2,1-3H3. The van der Waals surface area contributed by atoms with Crippen LogP contribution >= 0.6 is 0 Å². The molecule has 84 valence electrons. The van der Waals surface area contributed by atoms with Gasteiger partial charge in [-0.05, 0) is 44.0 Å². The number of aryl methyl sites for hydroxylation is 3. The number of rotatable bonds is 3. The maximum Gasteiger partial charge on any atom is 0.138 e. The van der Waals surface area contributed by atoms with Gasteiger partial charge >= 0.3 is 0 Å². The van der Waals surface area contributed by atoms with Gasteiger partial charge in [-0.3, -0.25) is 0 Å². The van der Waals surface area contributed by atoms with Crippen molar-refractivity contribution in [3.05, 3.63) is 46.8 Å². The van der Waals surface area contributed by atoms with Gasteiger partial charge in [0.05, 0.1) is 6.20 Å². The first-order valence-electron chi connectivity index (χ1n) is 5.38. The minimum atomic E-state index is 0.748. The molecule has 3 heteroatoms. The van der Waals surface area contributed by atoms with Crippen LogP contribution in [0.4, 0.5) is 5.69 Å². The molecule has 0 bridgehead atoms. The summed E-state index contributed by atoms with van der Waals surface area (Å²) in [5.74, 6) is 0.872. The van der Waals surface area contributed by atoms with E-state index in [1.807, 2.05) is 6.92 Å². The van der Waals surface area contributed by atoms with Crippen LogP contribution < -0.4 is 5.32 Å². The molecule has 2 aromatic rings. The summed E-state index contributed by atoms with van der Waals surface area (Å²) >= 11 is 0. The van der Waals surface area contributed by atoms with Crippen LogP contribution in [-0.2, 0) is 6.54 Å². The van der Waals surface area contributed by atoms with E-state index < -0.39 is 0 Å². The van der Waals surface area contributed by atoms with E-state index in [-0.39, 0.29) is 0 Å². The van der Waals surface area contributed by atoms with Gasteiger partial charge in [-0.15, -0.1) is 0 Å². The highest BCUT2D eigenvalue weighted by Crippen LogP contribution is 2.15. The molecule has 0 atom stereocenters. The second kappa shape index (κ2) is 4.39. The van der Waals surface area contributed by atoms with E-state index in [2.05, 4.69) is 42.5 Å². The lowest BCUT2D eigenvalue weighted by Gasteiger charge is -2.07. The summed E-state index contributed by atoms with van der Waals surface area (Å²) in [6, 6.07) is 6.36. The maximum absolute atomic E-state index is 5.01. The molecule has 0 saturated heterocycles. The minimum absolute atomic E-state index is 0.748. The van der Waals surface area contributed by atoms with Gasteiger partial charge < -0.3 is 9.84 Å². The average Bonchev–Trinajstić information content (AvgIpc) is 2.66. The Hall–Kier alpha value is -1.77. The number of aromatic nitrogens is 1. The third-order valence-corrected chi connectivity index (χ3v) is 2.84. The predicted molar refractivity (Wildman–Crippen MR) is 64.5 cm³/mol. The fourth-order valence-corrected chi connectivity index (χ4v) is 1.54. The molecule has 1 aromatic carbocycles. The molecule has 2 rings (SSSR count). The van der Waals surface area contributed by atoms with Gasteiger partial charge in [-0.25, -0.2) is 0 Å². The van der Waals surface area contributed by atoms with Gasteiger partial charge in [0.2, 0.25) is 0 Å². The lowest BCUT2D eigenvalue weighted by Crippen LogP contribution is -2.00. The van der Waals surface area contributed by atoms with E-state index in [0.717, 1.165) is 23.6 Å². The molecule has 16 heavy (non-hydrogen) atoms. The van der Waals surface area contributed by atoms with Gasteiger partial charge in [0.1, 0.15) is 5.76 Å². The van der Waals surface area contributed by atoms with Gasteiger partial charge in [0, 0.05) is 17.8 Å². The Labute approximate surface area is 95.5 Å². The molecule has 0 aliphatic rings. The molecule has 0 amide bonds. The maximum atomic E-state index is 5.01. The van der Waals surface area contributed by atoms with Crippen molar-refractivity contribution in [3.63, 3.8) is 0 Å². The Kier molecular flexibility index (Phi) is 2.95. The quantitative estimate of drug-likeness (QED) is 0.856. The number of anilines is 1. The minimum Gasteiger partial charge on any atom is -0.381 e.